The molecule has 9 atom stereocenters. The summed E-state index contributed by atoms with van der Waals surface area (Å²) in [5, 5.41) is 5.48. The average Bonchev–Trinajstić information content (AvgIpc) is 3.76. The molecular weight excluding hydrogens is 889 g/mol. The zero-order valence-electron chi connectivity index (χ0n) is 42.7. The highest BCUT2D eigenvalue weighted by molar-refractivity contribution is 7.89. The number of carbonyl (C=O) groups is 6. The predicted molar refractivity (Wildman–Crippen MR) is 263 cm³/mol. The second-order valence-electron chi connectivity index (χ2n) is 19.5. The number of amides is 5. The molecule has 0 aliphatic carbocycles. The van der Waals surface area contributed by atoms with Crippen molar-refractivity contribution >= 4 is 45.3 Å². The Labute approximate surface area is 406 Å². The van der Waals surface area contributed by atoms with Gasteiger partial charge in [0.1, 0.15) is 6.04 Å². The van der Waals surface area contributed by atoms with Crippen LogP contribution in [0.4, 0.5) is 0 Å². The van der Waals surface area contributed by atoms with Gasteiger partial charge in [0.15, 0.2) is 5.78 Å². The van der Waals surface area contributed by atoms with Crippen LogP contribution in [0.1, 0.15) is 104 Å². The molecule has 3 N–H and O–H groups in total. The van der Waals surface area contributed by atoms with Crippen LogP contribution in [-0.4, -0.2) is 137 Å². The van der Waals surface area contributed by atoms with E-state index in [2.05, 4.69) is 15.4 Å². The second kappa shape index (κ2) is 26.9. The molecule has 1 fully saturated rings. The summed E-state index contributed by atoms with van der Waals surface area (Å²) in [5.74, 6) is -4.11. The first-order valence-corrected chi connectivity index (χ1v) is 25.6. The molecule has 380 valence electrons. The van der Waals surface area contributed by atoms with Crippen LogP contribution in [-0.2, 0) is 67.0 Å². The summed E-state index contributed by atoms with van der Waals surface area (Å²) in [6, 6.07) is 12.9. The number of sulfonamides is 1. The highest BCUT2D eigenvalue weighted by atomic mass is 32.2. The minimum absolute atomic E-state index is 0.000335. The van der Waals surface area contributed by atoms with E-state index in [1.807, 2.05) is 66.6 Å². The standard InChI is InChI=1S/C51H80N6O10S/c1-14-34(6)47(56(11)51(63)40(32(2)3)28-43(59)46(33(4)5)55(9)10)44(66-12)29-45(60)57-26-18-21-42(57)48(67-13)35(7)49(61)53-41(27-37-19-16-15-17-20-37)50(62)54-68(64,65)31-39-24-22-38(23-25-39)30-52-36(8)58/h15-17,19-20,22-25,32-35,40-42,44,46-48H,14,18,21,26-31H2,1-13H3,(H,52,58)(H,53,61)(H,54,62)/t34-,35+,40-,41-,42-,44+,46-,47-,48+/m0/s1. The molecule has 0 radical (unpaired) electrons. The maximum absolute atomic E-state index is 14.5. The number of ether oxygens (including phenoxy) is 2. The van der Waals surface area contributed by atoms with Crippen LogP contribution in [0.15, 0.2) is 54.6 Å². The van der Waals surface area contributed by atoms with Gasteiger partial charge in [-0.05, 0) is 61.4 Å². The van der Waals surface area contributed by atoms with Crippen molar-refractivity contribution in [2.45, 2.75) is 143 Å². The molecule has 1 saturated heterocycles. The lowest BCUT2D eigenvalue weighted by molar-refractivity contribution is -0.149. The summed E-state index contributed by atoms with van der Waals surface area (Å²) in [6.07, 6.45) is 0.461. The second-order valence-corrected chi connectivity index (χ2v) is 21.2. The lowest BCUT2D eigenvalue weighted by Crippen LogP contribution is -2.55. The van der Waals surface area contributed by atoms with Gasteiger partial charge < -0.3 is 29.9 Å². The van der Waals surface area contributed by atoms with Gasteiger partial charge in [-0.15, -0.1) is 0 Å². The number of methoxy groups -OCH3 is 2. The Balaban J connectivity index is 1.81. The number of likely N-dealkylation sites (tertiary alicyclic amines) is 1. The summed E-state index contributed by atoms with van der Waals surface area (Å²) in [6.45, 7) is 15.7. The fraction of sp³-hybridized carbons (Fsp3) is 0.647. The minimum atomic E-state index is -4.21. The van der Waals surface area contributed by atoms with Crippen LogP contribution in [0.3, 0.4) is 0 Å². The molecule has 3 rings (SSSR count). The van der Waals surface area contributed by atoms with Crippen molar-refractivity contribution in [1.82, 2.24) is 30.1 Å². The van der Waals surface area contributed by atoms with Crippen molar-refractivity contribution in [3.8, 4) is 0 Å². The Hall–Kier alpha value is -4.71. The van der Waals surface area contributed by atoms with Crippen LogP contribution in [0.2, 0.25) is 0 Å². The third-order valence-electron chi connectivity index (χ3n) is 13.4. The SMILES string of the molecule is CC[C@H](C)[C@@H]([C@@H](CC(=O)N1CCC[C@H]1[C@H](OC)[C@@H](C)C(=O)N[C@@H](Cc1ccccc1)C(=O)NS(=O)(=O)Cc1ccc(CNC(C)=O)cc1)OC)N(C)C(=O)[C@@H](CC(=O)[C@H](C(C)C)N(C)C)C(C)C. The number of nitrogens with zero attached hydrogens (tertiary/aromatic N) is 3. The monoisotopic (exact) mass is 969 g/mol. The van der Waals surface area contributed by atoms with E-state index in [1.165, 1.54) is 21.1 Å². The van der Waals surface area contributed by atoms with Crippen LogP contribution >= 0.6 is 0 Å². The summed E-state index contributed by atoms with van der Waals surface area (Å²) < 4.78 is 40.9. The van der Waals surface area contributed by atoms with Crippen LogP contribution < -0.4 is 15.4 Å². The molecule has 1 aliphatic heterocycles. The topological polar surface area (TPSA) is 201 Å². The highest BCUT2D eigenvalue weighted by Gasteiger charge is 2.44. The van der Waals surface area contributed by atoms with Crippen molar-refractivity contribution in [2.24, 2.45) is 29.6 Å². The van der Waals surface area contributed by atoms with Crippen molar-refractivity contribution in [3.05, 3.63) is 71.3 Å². The van der Waals surface area contributed by atoms with E-state index in [9.17, 15) is 37.2 Å². The number of hydrogen-bond donors (Lipinski definition) is 3. The van der Waals surface area contributed by atoms with Crippen LogP contribution in [0, 0.1) is 29.6 Å². The summed E-state index contributed by atoms with van der Waals surface area (Å²) >= 11 is 0. The molecule has 0 spiro atoms. The number of rotatable bonds is 27. The van der Waals surface area contributed by atoms with Gasteiger partial charge in [0.05, 0.1) is 48.4 Å². The fourth-order valence-electron chi connectivity index (χ4n) is 9.59. The first kappa shape index (κ1) is 57.6. The van der Waals surface area contributed by atoms with Gasteiger partial charge in [-0.2, -0.15) is 0 Å². The molecule has 0 aromatic heterocycles. The highest BCUT2D eigenvalue weighted by Crippen LogP contribution is 2.31. The zero-order chi connectivity index (χ0) is 51.0. The van der Waals surface area contributed by atoms with Gasteiger partial charge in [0, 0.05) is 60.0 Å². The zero-order valence-corrected chi connectivity index (χ0v) is 43.6. The molecule has 2 aromatic rings. The van der Waals surface area contributed by atoms with Gasteiger partial charge in [-0.1, -0.05) is 109 Å². The maximum Gasteiger partial charge on any atom is 0.256 e. The molecule has 5 amide bonds. The fourth-order valence-corrected chi connectivity index (χ4v) is 10.7. The number of Topliss-reactive ketones (excluding diaryl/α,β-unsaturated/α-hetero) is 1. The summed E-state index contributed by atoms with van der Waals surface area (Å²) in [4.78, 5) is 87.1. The molecule has 2 aromatic carbocycles. The molecule has 0 bridgehead atoms. The van der Waals surface area contributed by atoms with E-state index in [1.54, 1.807) is 72.3 Å². The molecule has 1 aliphatic rings. The van der Waals surface area contributed by atoms with Crippen molar-refractivity contribution < 1.29 is 46.7 Å². The predicted octanol–water partition coefficient (Wildman–Crippen LogP) is 4.73. The Morgan fingerprint density at radius 1 is 0.809 bits per heavy atom. The molecule has 0 unspecified atom stereocenters. The van der Waals surface area contributed by atoms with Crippen LogP contribution in [0.5, 0.6) is 0 Å². The third kappa shape index (κ3) is 16.5. The quantitative estimate of drug-likeness (QED) is 0.112. The molecule has 17 heteroatoms. The number of carbonyl (C=O) groups excluding carboxylic acids is 6. The van der Waals surface area contributed by atoms with Gasteiger partial charge in [-0.3, -0.25) is 38.4 Å². The molecular formula is C51H80N6O10S. The number of likely N-dealkylation sites (N-methyl/N-ethyl adjacent to an activating group) is 2. The smallest absolute Gasteiger partial charge is 0.256 e. The minimum Gasteiger partial charge on any atom is -0.379 e. The molecule has 68 heavy (non-hydrogen) atoms. The maximum atomic E-state index is 14.5. The summed E-state index contributed by atoms with van der Waals surface area (Å²) in [5.41, 5.74) is 1.89. The lowest BCUT2D eigenvalue weighted by Gasteiger charge is -2.41. The normalized spacial score (nSPS) is 17.7. The largest absolute Gasteiger partial charge is 0.379 e. The van der Waals surface area contributed by atoms with Gasteiger partial charge >= 0.3 is 0 Å². The molecule has 16 nitrogen and oxygen atoms in total. The third-order valence-corrected chi connectivity index (χ3v) is 14.6. The van der Waals surface area contributed by atoms with E-state index in [-0.39, 0.29) is 73.1 Å². The average molecular weight is 969 g/mol. The van der Waals surface area contributed by atoms with Crippen LogP contribution in [0.25, 0.3) is 0 Å². The lowest BCUT2D eigenvalue weighted by atomic mass is 9.83. The van der Waals surface area contributed by atoms with E-state index in [0.29, 0.717) is 36.9 Å². The number of ketones is 1. The Bertz CT molecular complexity index is 2080. The Kier molecular flexibility index (Phi) is 22.8. The number of hydrogen-bond acceptors (Lipinski definition) is 11. The van der Waals surface area contributed by atoms with Gasteiger partial charge in [-0.25, -0.2) is 8.42 Å². The van der Waals surface area contributed by atoms with Crippen molar-refractivity contribution in [3.63, 3.8) is 0 Å². The summed E-state index contributed by atoms with van der Waals surface area (Å²) in [7, 11) is 4.28. The van der Waals surface area contributed by atoms with E-state index >= 15 is 0 Å². The van der Waals surface area contributed by atoms with E-state index in [4.69, 9.17) is 9.47 Å². The first-order chi connectivity index (χ1) is 32.0. The Morgan fingerprint density at radius 2 is 1.43 bits per heavy atom. The van der Waals surface area contributed by atoms with Gasteiger partial charge in [0.2, 0.25) is 33.7 Å². The number of nitrogens with one attached hydrogen (secondary N) is 3. The number of benzene rings is 2. The molecule has 0 saturated carbocycles. The molecule has 1 heterocycles. The van der Waals surface area contributed by atoms with E-state index in [0.717, 1.165) is 5.56 Å². The van der Waals surface area contributed by atoms with E-state index < -0.39 is 69.8 Å². The van der Waals surface area contributed by atoms with Crippen molar-refractivity contribution in [1.29, 1.82) is 0 Å². The van der Waals surface area contributed by atoms with Gasteiger partial charge in [0.25, 0.3) is 5.91 Å². The Morgan fingerprint density at radius 3 is 1.96 bits per heavy atom. The first-order valence-electron chi connectivity index (χ1n) is 24.0. The van der Waals surface area contributed by atoms with Crippen molar-refractivity contribution in [2.75, 3.05) is 41.9 Å².